The Hall–Kier alpha value is -2.62. The molecule has 0 saturated heterocycles. The van der Waals surface area contributed by atoms with Crippen molar-refractivity contribution < 1.29 is 14.6 Å². The van der Waals surface area contributed by atoms with E-state index in [0.717, 1.165) is 16.7 Å². The first-order valence-corrected chi connectivity index (χ1v) is 8.25. The average Bonchev–Trinajstić information content (AvgIpc) is 2.64. The molecule has 25 heavy (non-hydrogen) atoms. The number of ether oxygens (including phenoxy) is 1. The van der Waals surface area contributed by atoms with Crippen molar-refractivity contribution >= 4 is 17.6 Å². The van der Waals surface area contributed by atoms with Crippen LogP contribution in [-0.4, -0.2) is 11.1 Å². The van der Waals surface area contributed by atoms with E-state index in [1.807, 2.05) is 54.6 Å². The summed E-state index contributed by atoms with van der Waals surface area (Å²) >= 11 is 5.91. The zero-order valence-corrected chi connectivity index (χ0v) is 14.2. The number of hydrogen-bond acceptors (Lipinski definition) is 2. The molecule has 0 amide bonds. The molecular weight excluding hydrogens is 336 g/mol. The molecule has 126 valence electrons. The van der Waals surface area contributed by atoms with E-state index in [0.29, 0.717) is 10.6 Å². The van der Waals surface area contributed by atoms with E-state index in [-0.39, 0.29) is 6.61 Å². The van der Waals surface area contributed by atoms with Gasteiger partial charge in [0.1, 0.15) is 0 Å². The van der Waals surface area contributed by atoms with Crippen LogP contribution in [0.1, 0.15) is 17.2 Å². The van der Waals surface area contributed by atoms with Gasteiger partial charge in [-0.25, -0.2) is 4.79 Å². The molecule has 0 fully saturated rings. The second-order valence-corrected chi connectivity index (χ2v) is 6.08. The summed E-state index contributed by atoms with van der Waals surface area (Å²) in [6, 6.07) is 24.4. The normalized spacial score (nSPS) is 11.9. The van der Waals surface area contributed by atoms with Crippen LogP contribution in [0.2, 0.25) is 5.02 Å². The van der Waals surface area contributed by atoms with Crippen molar-refractivity contribution in [2.45, 2.75) is 12.7 Å². The Kier molecular flexibility index (Phi) is 5.49. The SMILES string of the molecule is O=C(O)[C@H](OCc1ccc(-c2ccc(Cl)cc2)cc1)c1ccccc1. The Morgan fingerprint density at radius 3 is 2.00 bits per heavy atom. The van der Waals surface area contributed by atoms with Gasteiger partial charge in [0.25, 0.3) is 0 Å². The summed E-state index contributed by atoms with van der Waals surface area (Å²) in [5.41, 5.74) is 3.69. The van der Waals surface area contributed by atoms with Crippen LogP contribution < -0.4 is 0 Å². The Morgan fingerprint density at radius 1 is 0.880 bits per heavy atom. The highest BCUT2D eigenvalue weighted by Crippen LogP contribution is 2.23. The topological polar surface area (TPSA) is 46.5 Å². The van der Waals surface area contributed by atoms with E-state index in [2.05, 4.69) is 0 Å². The van der Waals surface area contributed by atoms with Crippen molar-refractivity contribution in [1.82, 2.24) is 0 Å². The molecular formula is C21H17ClO3. The number of rotatable bonds is 6. The summed E-state index contributed by atoms with van der Waals surface area (Å²) in [6.07, 6.45) is -0.975. The van der Waals surface area contributed by atoms with Gasteiger partial charge in [0.2, 0.25) is 0 Å². The number of aliphatic carboxylic acids is 1. The minimum Gasteiger partial charge on any atom is -0.479 e. The molecule has 4 heteroatoms. The summed E-state index contributed by atoms with van der Waals surface area (Å²) < 4.78 is 5.62. The van der Waals surface area contributed by atoms with Crippen molar-refractivity contribution in [3.05, 3.63) is 95.0 Å². The zero-order valence-electron chi connectivity index (χ0n) is 13.4. The maximum absolute atomic E-state index is 11.5. The molecule has 0 unspecified atom stereocenters. The van der Waals surface area contributed by atoms with Gasteiger partial charge in [0, 0.05) is 5.02 Å². The van der Waals surface area contributed by atoms with E-state index < -0.39 is 12.1 Å². The number of carbonyl (C=O) groups is 1. The van der Waals surface area contributed by atoms with Crippen LogP contribution in [0.4, 0.5) is 0 Å². The van der Waals surface area contributed by atoms with Gasteiger partial charge in [-0.05, 0) is 34.4 Å². The number of benzene rings is 3. The predicted octanol–water partition coefficient (Wildman–Crippen LogP) is 5.35. The minimum absolute atomic E-state index is 0.229. The van der Waals surface area contributed by atoms with E-state index in [9.17, 15) is 9.90 Å². The van der Waals surface area contributed by atoms with Crippen molar-refractivity contribution in [1.29, 1.82) is 0 Å². The van der Waals surface area contributed by atoms with Gasteiger partial charge in [0.05, 0.1) is 6.61 Å². The lowest BCUT2D eigenvalue weighted by Gasteiger charge is -2.14. The summed E-state index contributed by atoms with van der Waals surface area (Å²) in [4.78, 5) is 11.5. The van der Waals surface area contributed by atoms with Gasteiger partial charge in [-0.15, -0.1) is 0 Å². The first-order valence-electron chi connectivity index (χ1n) is 7.88. The Labute approximate surface area is 151 Å². The molecule has 0 heterocycles. The minimum atomic E-state index is -0.996. The monoisotopic (exact) mass is 352 g/mol. The molecule has 0 aliphatic carbocycles. The van der Waals surface area contributed by atoms with Crippen LogP contribution in [0.25, 0.3) is 11.1 Å². The summed E-state index contributed by atoms with van der Waals surface area (Å²) in [7, 11) is 0. The fourth-order valence-electron chi connectivity index (χ4n) is 2.55. The van der Waals surface area contributed by atoms with Crippen molar-refractivity contribution in [3.63, 3.8) is 0 Å². The van der Waals surface area contributed by atoms with Gasteiger partial charge in [-0.1, -0.05) is 78.3 Å². The molecule has 0 radical (unpaired) electrons. The van der Waals surface area contributed by atoms with Crippen LogP contribution in [0.5, 0.6) is 0 Å². The summed E-state index contributed by atoms with van der Waals surface area (Å²) in [5, 5.41) is 10.1. The van der Waals surface area contributed by atoms with E-state index in [1.54, 1.807) is 24.3 Å². The van der Waals surface area contributed by atoms with Gasteiger partial charge in [-0.3, -0.25) is 0 Å². The van der Waals surface area contributed by atoms with Crippen LogP contribution in [0.3, 0.4) is 0 Å². The third-order valence-electron chi connectivity index (χ3n) is 3.87. The first kappa shape index (κ1) is 17.2. The Morgan fingerprint density at radius 2 is 1.44 bits per heavy atom. The molecule has 0 bridgehead atoms. The molecule has 0 aliphatic heterocycles. The maximum atomic E-state index is 11.5. The highest BCUT2D eigenvalue weighted by molar-refractivity contribution is 6.30. The van der Waals surface area contributed by atoms with Crippen molar-refractivity contribution in [3.8, 4) is 11.1 Å². The summed E-state index contributed by atoms with van der Waals surface area (Å²) in [6.45, 7) is 0.229. The molecule has 0 saturated carbocycles. The molecule has 0 spiro atoms. The first-order chi connectivity index (χ1) is 12.1. The smallest absolute Gasteiger partial charge is 0.337 e. The third kappa shape index (κ3) is 4.47. The van der Waals surface area contributed by atoms with Crippen LogP contribution in [0.15, 0.2) is 78.9 Å². The maximum Gasteiger partial charge on any atom is 0.337 e. The molecule has 0 aliphatic rings. The Bertz CT molecular complexity index is 827. The summed E-state index contributed by atoms with van der Waals surface area (Å²) in [5.74, 6) is -0.996. The fourth-order valence-corrected chi connectivity index (χ4v) is 2.68. The van der Waals surface area contributed by atoms with Crippen molar-refractivity contribution in [2.24, 2.45) is 0 Å². The number of carboxylic acid groups (broad SMARTS) is 1. The van der Waals surface area contributed by atoms with Crippen LogP contribution in [0, 0.1) is 0 Å². The van der Waals surface area contributed by atoms with E-state index in [4.69, 9.17) is 16.3 Å². The molecule has 1 atom stereocenters. The number of halogens is 1. The van der Waals surface area contributed by atoms with Crippen LogP contribution in [-0.2, 0) is 16.1 Å². The Balaban J connectivity index is 1.68. The second-order valence-electron chi connectivity index (χ2n) is 5.64. The lowest BCUT2D eigenvalue weighted by atomic mass is 10.0. The van der Waals surface area contributed by atoms with E-state index in [1.165, 1.54) is 0 Å². The average molecular weight is 353 g/mol. The molecule has 1 N–H and O–H groups in total. The van der Waals surface area contributed by atoms with Gasteiger partial charge in [-0.2, -0.15) is 0 Å². The number of hydrogen-bond donors (Lipinski definition) is 1. The quantitative estimate of drug-likeness (QED) is 0.650. The van der Waals surface area contributed by atoms with E-state index >= 15 is 0 Å². The standard InChI is InChI=1S/C21H17ClO3/c22-19-12-10-17(11-13-19)16-8-6-15(7-9-16)14-25-20(21(23)24)18-4-2-1-3-5-18/h1-13,20H,14H2,(H,23,24)/t20-/m1/s1. The highest BCUT2D eigenvalue weighted by atomic mass is 35.5. The zero-order chi connectivity index (χ0) is 17.6. The van der Waals surface area contributed by atoms with Gasteiger partial charge >= 0.3 is 5.97 Å². The molecule has 3 rings (SSSR count). The van der Waals surface area contributed by atoms with Crippen molar-refractivity contribution in [2.75, 3.05) is 0 Å². The van der Waals surface area contributed by atoms with Gasteiger partial charge in [0.15, 0.2) is 6.10 Å². The second kappa shape index (κ2) is 7.97. The van der Waals surface area contributed by atoms with Crippen LogP contribution >= 0.6 is 11.6 Å². The molecule has 0 aromatic heterocycles. The molecule has 3 nitrogen and oxygen atoms in total. The predicted molar refractivity (Wildman–Crippen MR) is 98.5 cm³/mol. The fraction of sp³-hybridized carbons (Fsp3) is 0.0952. The third-order valence-corrected chi connectivity index (χ3v) is 4.13. The van der Waals surface area contributed by atoms with Gasteiger partial charge < -0.3 is 9.84 Å². The lowest BCUT2D eigenvalue weighted by molar-refractivity contribution is -0.151. The highest BCUT2D eigenvalue weighted by Gasteiger charge is 2.20. The number of carboxylic acids is 1. The largest absolute Gasteiger partial charge is 0.479 e. The molecule has 3 aromatic carbocycles. The lowest BCUT2D eigenvalue weighted by Crippen LogP contribution is -2.15. The molecule has 3 aromatic rings.